The lowest BCUT2D eigenvalue weighted by molar-refractivity contribution is -0.705. The van der Waals surface area contributed by atoms with Crippen molar-refractivity contribution in [3.8, 4) is 0 Å². The first kappa shape index (κ1) is 22.8. The maximum Gasteiger partial charge on any atom is 0.407 e. The van der Waals surface area contributed by atoms with Crippen molar-refractivity contribution < 1.29 is 18.9 Å². The number of carbonyl (C=O) groups excluding carboxylic acids is 2. The average Bonchev–Trinajstić information content (AvgIpc) is 2.68. The van der Waals surface area contributed by atoms with E-state index >= 15 is 0 Å². The van der Waals surface area contributed by atoms with Gasteiger partial charge in [-0.05, 0) is 19.3 Å². The summed E-state index contributed by atoms with van der Waals surface area (Å²) >= 11 is 0. The molecule has 6 heteroatoms. The van der Waals surface area contributed by atoms with E-state index in [0.29, 0.717) is 26.2 Å². The number of nitrogens with zero attached hydrogens (tertiary/aromatic N) is 2. The van der Waals surface area contributed by atoms with Gasteiger partial charge in [0, 0.05) is 25.1 Å². The van der Waals surface area contributed by atoms with Crippen LogP contribution in [0.15, 0.2) is 29.4 Å². The summed E-state index contributed by atoms with van der Waals surface area (Å²) < 4.78 is 7.44. The third-order valence-electron chi connectivity index (χ3n) is 4.42. The zero-order valence-electron chi connectivity index (χ0n) is 16.6. The highest BCUT2D eigenvalue weighted by Crippen LogP contribution is 2.04. The number of aliphatic imine (C=N–C) groups is 1. The zero-order valence-corrected chi connectivity index (χ0v) is 16.6. The minimum Gasteiger partial charge on any atom is -0.443 e. The first-order valence-electron chi connectivity index (χ1n) is 10.2. The molecule has 0 aromatic carbocycles. The van der Waals surface area contributed by atoms with Gasteiger partial charge in [-0.25, -0.2) is 14.6 Å². The van der Waals surface area contributed by atoms with Crippen LogP contribution in [0.1, 0.15) is 64.0 Å². The normalized spacial score (nSPS) is 10.3. The average molecular weight is 377 g/mol. The van der Waals surface area contributed by atoms with Crippen LogP contribution in [0.25, 0.3) is 0 Å². The van der Waals surface area contributed by atoms with Crippen molar-refractivity contribution in [3.63, 3.8) is 0 Å². The number of hydrogen-bond acceptors (Lipinski definition) is 4. The van der Waals surface area contributed by atoms with Gasteiger partial charge in [-0.15, -0.1) is 0 Å². The van der Waals surface area contributed by atoms with Crippen LogP contribution >= 0.6 is 0 Å². The second-order valence-electron chi connectivity index (χ2n) is 6.65. The van der Waals surface area contributed by atoms with Gasteiger partial charge in [-0.1, -0.05) is 45.1 Å². The molecule has 150 valence electrons. The number of alkyl carbamates (subject to hydrolysis) is 1. The van der Waals surface area contributed by atoms with Gasteiger partial charge in [0.15, 0.2) is 25.0 Å². The topological polar surface area (TPSA) is 71.6 Å². The molecular formula is C21H34N3O3+. The molecule has 0 radical (unpaired) electrons. The van der Waals surface area contributed by atoms with E-state index in [1.165, 1.54) is 37.5 Å². The quantitative estimate of drug-likeness (QED) is 0.219. The Morgan fingerprint density at radius 1 is 1.15 bits per heavy atom. The van der Waals surface area contributed by atoms with Crippen molar-refractivity contribution >= 4 is 12.2 Å². The number of pyridine rings is 1. The van der Waals surface area contributed by atoms with Crippen LogP contribution in [-0.2, 0) is 22.5 Å². The summed E-state index contributed by atoms with van der Waals surface area (Å²) in [5.41, 5.74) is 1.29. The number of amides is 1. The van der Waals surface area contributed by atoms with Gasteiger partial charge >= 0.3 is 6.09 Å². The number of rotatable bonds is 15. The Morgan fingerprint density at radius 3 is 2.78 bits per heavy atom. The molecule has 0 spiro atoms. The summed E-state index contributed by atoms with van der Waals surface area (Å²) in [4.78, 5) is 25.2. The minimum atomic E-state index is -0.360. The SMILES string of the molecule is CCCCCCc1cccc[n+]1CCOC(=O)NCCCCCCN=C=O. The Bertz CT molecular complexity index is 572. The number of unbranched alkanes of at least 4 members (excludes halogenated alkanes) is 6. The molecule has 0 saturated heterocycles. The lowest BCUT2D eigenvalue weighted by Crippen LogP contribution is -2.41. The smallest absolute Gasteiger partial charge is 0.407 e. The van der Waals surface area contributed by atoms with E-state index < -0.39 is 0 Å². The molecule has 27 heavy (non-hydrogen) atoms. The highest BCUT2D eigenvalue weighted by molar-refractivity contribution is 5.66. The molecule has 6 nitrogen and oxygen atoms in total. The lowest BCUT2D eigenvalue weighted by Gasteiger charge is -2.07. The zero-order chi connectivity index (χ0) is 19.6. The van der Waals surface area contributed by atoms with Gasteiger partial charge in [0.25, 0.3) is 0 Å². The van der Waals surface area contributed by atoms with Crippen LogP contribution in [0.3, 0.4) is 0 Å². The van der Waals surface area contributed by atoms with Crippen LogP contribution in [0.4, 0.5) is 4.79 Å². The standard InChI is InChI=1S/C21H33N3O3/c1-2-3-4-7-12-20-13-8-11-16-24(20)17-18-27-21(26)23-15-10-6-5-9-14-22-19-25/h8,11,13,16H,2-7,9-10,12,14-15,17-18H2,1H3/p+1. The Labute approximate surface area is 163 Å². The number of nitrogens with one attached hydrogen (secondary N) is 1. The van der Waals surface area contributed by atoms with Gasteiger partial charge in [0.1, 0.15) is 0 Å². The molecule has 0 unspecified atom stereocenters. The fourth-order valence-electron chi connectivity index (χ4n) is 2.88. The van der Waals surface area contributed by atoms with E-state index in [0.717, 1.165) is 32.1 Å². The van der Waals surface area contributed by atoms with E-state index in [1.807, 2.05) is 12.3 Å². The number of carbonyl (C=O) groups is 1. The first-order valence-corrected chi connectivity index (χ1v) is 10.2. The van der Waals surface area contributed by atoms with E-state index in [-0.39, 0.29) is 6.09 Å². The molecule has 0 aliphatic rings. The van der Waals surface area contributed by atoms with Crippen molar-refractivity contribution in [2.75, 3.05) is 19.7 Å². The summed E-state index contributed by atoms with van der Waals surface area (Å²) in [5, 5.41) is 2.78. The fraction of sp³-hybridized carbons (Fsp3) is 0.667. The molecular weight excluding hydrogens is 342 g/mol. The molecule has 1 heterocycles. The molecule has 0 fully saturated rings. The molecule has 0 aliphatic carbocycles. The molecule has 1 N–H and O–H groups in total. The van der Waals surface area contributed by atoms with Gasteiger partial charge in [0.05, 0.1) is 6.54 Å². The summed E-state index contributed by atoms with van der Waals surface area (Å²) in [7, 11) is 0. The Morgan fingerprint density at radius 2 is 1.96 bits per heavy atom. The number of isocyanates is 1. The molecule has 0 saturated carbocycles. The molecule has 0 aliphatic heterocycles. The van der Waals surface area contributed by atoms with Crippen molar-refractivity contribution in [3.05, 3.63) is 30.1 Å². The summed E-state index contributed by atoms with van der Waals surface area (Å²) in [6.45, 7) is 4.41. The van der Waals surface area contributed by atoms with Crippen LogP contribution in [0.2, 0.25) is 0 Å². The fourth-order valence-corrected chi connectivity index (χ4v) is 2.88. The van der Waals surface area contributed by atoms with Gasteiger partial charge < -0.3 is 10.1 Å². The molecule has 0 atom stereocenters. The van der Waals surface area contributed by atoms with Crippen molar-refractivity contribution in [1.29, 1.82) is 0 Å². The number of aryl methyl sites for hydroxylation is 1. The Hall–Kier alpha value is -2.20. The van der Waals surface area contributed by atoms with E-state index in [4.69, 9.17) is 4.74 Å². The van der Waals surface area contributed by atoms with Gasteiger partial charge in [0.2, 0.25) is 6.08 Å². The van der Waals surface area contributed by atoms with E-state index in [2.05, 4.69) is 33.9 Å². The van der Waals surface area contributed by atoms with Crippen molar-refractivity contribution in [2.24, 2.45) is 4.99 Å². The minimum absolute atomic E-state index is 0.360. The summed E-state index contributed by atoms with van der Waals surface area (Å²) in [5.74, 6) is 0. The molecule has 1 aromatic heterocycles. The predicted molar refractivity (Wildman–Crippen MR) is 105 cm³/mol. The monoisotopic (exact) mass is 376 g/mol. The largest absolute Gasteiger partial charge is 0.443 e. The molecule has 0 bridgehead atoms. The van der Waals surface area contributed by atoms with E-state index in [1.54, 1.807) is 0 Å². The maximum atomic E-state index is 11.7. The Kier molecular flexibility index (Phi) is 13.5. The number of aromatic nitrogens is 1. The van der Waals surface area contributed by atoms with Crippen LogP contribution < -0.4 is 9.88 Å². The molecule has 1 rings (SSSR count). The van der Waals surface area contributed by atoms with E-state index in [9.17, 15) is 9.59 Å². The number of hydrogen-bond donors (Lipinski definition) is 1. The lowest BCUT2D eigenvalue weighted by atomic mass is 10.1. The summed E-state index contributed by atoms with van der Waals surface area (Å²) in [6.07, 6.45) is 13.0. The Balaban J connectivity index is 2.14. The third-order valence-corrected chi connectivity index (χ3v) is 4.42. The van der Waals surface area contributed by atoms with Crippen LogP contribution in [0, 0.1) is 0 Å². The predicted octanol–water partition coefficient (Wildman–Crippen LogP) is 3.72. The van der Waals surface area contributed by atoms with Gasteiger partial charge in [-0.3, -0.25) is 0 Å². The highest BCUT2D eigenvalue weighted by atomic mass is 16.5. The highest BCUT2D eigenvalue weighted by Gasteiger charge is 2.10. The van der Waals surface area contributed by atoms with Crippen molar-refractivity contribution in [1.82, 2.24) is 5.32 Å². The third kappa shape index (κ3) is 11.9. The maximum absolute atomic E-state index is 11.7. The van der Waals surface area contributed by atoms with Crippen LogP contribution in [0.5, 0.6) is 0 Å². The molecule has 1 aromatic rings. The van der Waals surface area contributed by atoms with Gasteiger partial charge in [-0.2, -0.15) is 4.57 Å². The number of ether oxygens (including phenoxy) is 1. The van der Waals surface area contributed by atoms with Crippen molar-refractivity contribution in [2.45, 2.75) is 71.3 Å². The molecule has 1 amide bonds. The second-order valence-corrected chi connectivity index (χ2v) is 6.65. The summed E-state index contributed by atoms with van der Waals surface area (Å²) in [6, 6.07) is 6.22. The van der Waals surface area contributed by atoms with Crippen LogP contribution in [-0.4, -0.2) is 31.9 Å². The second kappa shape index (κ2) is 16.0. The first-order chi connectivity index (χ1) is 13.3.